The molecule has 0 saturated carbocycles. The molecule has 1 aliphatic heterocycles. The Labute approximate surface area is 106 Å². The number of nitrogens with two attached hydrogens (primary N) is 1. The minimum Gasteiger partial charge on any atom is -0.488 e. The van der Waals surface area contributed by atoms with E-state index in [4.69, 9.17) is 15.6 Å². The smallest absolute Gasteiger partial charge is 0.126 e. The molecule has 1 heterocycles. The van der Waals surface area contributed by atoms with Crippen molar-refractivity contribution in [3.8, 4) is 5.75 Å². The van der Waals surface area contributed by atoms with Gasteiger partial charge in [-0.2, -0.15) is 0 Å². The number of nitrogens with zero attached hydrogens (tertiary/aromatic N) is 1. The van der Waals surface area contributed by atoms with E-state index in [9.17, 15) is 4.39 Å². The molecule has 0 bridgehead atoms. The molecule has 1 saturated heterocycles. The Balaban J connectivity index is 1.67. The van der Waals surface area contributed by atoms with E-state index in [-0.39, 0.29) is 24.6 Å². The van der Waals surface area contributed by atoms with Crippen molar-refractivity contribution in [1.82, 2.24) is 4.90 Å². The van der Waals surface area contributed by atoms with Gasteiger partial charge in [-0.25, -0.2) is 4.39 Å². The van der Waals surface area contributed by atoms with Crippen molar-refractivity contribution < 1.29 is 14.2 Å². The molecular formula is C13H19FN2O2. The average Bonchev–Trinajstić information content (AvgIpc) is 2.31. The standard InChI is InChI=1S/C13H19FN2O2/c14-10-2-1-3-12(6-10)18-13-7-16(8-13)5-4-11(15)9-17/h1-3,6,11,13,17H,4-5,7-9,15H2/t11-/m0/s1. The van der Waals surface area contributed by atoms with Crippen molar-refractivity contribution >= 4 is 0 Å². The zero-order valence-electron chi connectivity index (χ0n) is 10.3. The van der Waals surface area contributed by atoms with Crippen LogP contribution in [0.3, 0.4) is 0 Å². The van der Waals surface area contributed by atoms with E-state index in [1.165, 1.54) is 12.1 Å². The van der Waals surface area contributed by atoms with Crippen molar-refractivity contribution in [1.29, 1.82) is 0 Å². The number of likely N-dealkylation sites (tertiary alicyclic amines) is 1. The second-order valence-corrected chi connectivity index (χ2v) is 4.69. The van der Waals surface area contributed by atoms with E-state index in [2.05, 4.69) is 4.90 Å². The highest BCUT2D eigenvalue weighted by Gasteiger charge is 2.28. The van der Waals surface area contributed by atoms with Crippen molar-refractivity contribution in [2.24, 2.45) is 5.73 Å². The van der Waals surface area contributed by atoms with Crippen molar-refractivity contribution in [2.45, 2.75) is 18.6 Å². The third-order valence-corrected chi connectivity index (χ3v) is 3.07. The van der Waals surface area contributed by atoms with Crippen molar-refractivity contribution in [2.75, 3.05) is 26.2 Å². The van der Waals surface area contributed by atoms with Gasteiger partial charge in [0.25, 0.3) is 0 Å². The maximum absolute atomic E-state index is 12.9. The second-order valence-electron chi connectivity index (χ2n) is 4.69. The number of aliphatic hydroxyl groups is 1. The number of benzene rings is 1. The van der Waals surface area contributed by atoms with E-state index in [0.29, 0.717) is 5.75 Å². The first-order valence-electron chi connectivity index (χ1n) is 6.18. The Morgan fingerprint density at radius 3 is 2.94 bits per heavy atom. The Morgan fingerprint density at radius 2 is 2.28 bits per heavy atom. The zero-order chi connectivity index (χ0) is 13.0. The van der Waals surface area contributed by atoms with Gasteiger partial charge in [-0.1, -0.05) is 6.07 Å². The van der Waals surface area contributed by atoms with Crippen LogP contribution >= 0.6 is 0 Å². The fourth-order valence-corrected chi connectivity index (χ4v) is 1.95. The predicted molar refractivity (Wildman–Crippen MR) is 66.9 cm³/mol. The molecule has 0 amide bonds. The molecule has 5 heteroatoms. The first-order chi connectivity index (χ1) is 8.67. The summed E-state index contributed by atoms with van der Waals surface area (Å²) in [6.07, 6.45) is 0.903. The van der Waals surface area contributed by atoms with Gasteiger partial charge >= 0.3 is 0 Å². The zero-order valence-corrected chi connectivity index (χ0v) is 10.3. The summed E-state index contributed by atoms with van der Waals surface area (Å²) in [6, 6.07) is 6.04. The number of rotatable bonds is 6. The maximum atomic E-state index is 12.9. The SMILES string of the molecule is N[C@H](CO)CCN1CC(Oc2cccc(F)c2)C1. The Morgan fingerprint density at radius 1 is 1.50 bits per heavy atom. The van der Waals surface area contributed by atoms with E-state index in [1.54, 1.807) is 12.1 Å². The van der Waals surface area contributed by atoms with Gasteiger partial charge in [0.05, 0.1) is 6.61 Å². The summed E-state index contributed by atoms with van der Waals surface area (Å²) >= 11 is 0. The summed E-state index contributed by atoms with van der Waals surface area (Å²) in [7, 11) is 0. The lowest BCUT2D eigenvalue weighted by molar-refractivity contribution is 0.0173. The normalized spacial score (nSPS) is 18.4. The molecule has 100 valence electrons. The van der Waals surface area contributed by atoms with Crippen LogP contribution in [0.4, 0.5) is 4.39 Å². The van der Waals surface area contributed by atoms with Crippen LogP contribution in [-0.2, 0) is 0 Å². The monoisotopic (exact) mass is 254 g/mol. The topological polar surface area (TPSA) is 58.7 Å². The minimum atomic E-state index is -0.280. The van der Waals surface area contributed by atoms with Crippen LogP contribution in [0.1, 0.15) is 6.42 Å². The summed E-state index contributed by atoms with van der Waals surface area (Å²) in [5, 5.41) is 8.81. The molecular weight excluding hydrogens is 235 g/mol. The molecule has 1 aromatic rings. The summed E-state index contributed by atoms with van der Waals surface area (Å²) in [5.41, 5.74) is 5.63. The number of hydrogen-bond donors (Lipinski definition) is 2. The molecule has 0 unspecified atom stereocenters. The predicted octanol–water partition coefficient (Wildman–Crippen LogP) is 0.598. The van der Waals surface area contributed by atoms with Crippen LogP contribution in [0, 0.1) is 5.82 Å². The van der Waals surface area contributed by atoms with Crippen LogP contribution in [0.25, 0.3) is 0 Å². The lowest BCUT2D eigenvalue weighted by atomic mass is 10.1. The van der Waals surface area contributed by atoms with Gasteiger partial charge < -0.3 is 15.6 Å². The van der Waals surface area contributed by atoms with Gasteiger partial charge in [-0.05, 0) is 18.6 Å². The first kappa shape index (κ1) is 13.3. The molecule has 2 rings (SSSR count). The molecule has 1 aromatic carbocycles. The highest BCUT2D eigenvalue weighted by Crippen LogP contribution is 2.19. The fourth-order valence-electron chi connectivity index (χ4n) is 1.95. The van der Waals surface area contributed by atoms with Gasteiger partial charge in [0.1, 0.15) is 17.7 Å². The highest BCUT2D eigenvalue weighted by molar-refractivity contribution is 5.23. The van der Waals surface area contributed by atoms with Gasteiger partial charge in [0.15, 0.2) is 0 Å². The number of ether oxygens (including phenoxy) is 1. The molecule has 18 heavy (non-hydrogen) atoms. The quantitative estimate of drug-likeness (QED) is 0.780. The van der Waals surface area contributed by atoms with Gasteiger partial charge in [0, 0.05) is 31.7 Å². The van der Waals surface area contributed by atoms with Crippen LogP contribution < -0.4 is 10.5 Å². The summed E-state index contributed by atoms with van der Waals surface area (Å²) in [6.45, 7) is 2.55. The fraction of sp³-hybridized carbons (Fsp3) is 0.538. The van der Waals surface area contributed by atoms with Gasteiger partial charge in [-0.15, -0.1) is 0 Å². The second kappa shape index (κ2) is 6.13. The highest BCUT2D eigenvalue weighted by atomic mass is 19.1. The third kappa shape index (κ3) is 3.66. The lowest BCUT2D eigenvalue weighted by Gasteiger charge is -2.39. The first-order valence-corrected chi connectivity index (χ1v) is 6.18. The molecule has 0 aromatic heterocycles. The van der Waals surface area contributed by atoms with Gasteiger partial charge in [0.2, 0.25) is 0 Å². The van der Waals surface area contributed by atoms with Crippen LogP contribution in [0.15, 0.2) is 24.3 Å². The molecule has 0 radical (unpaired) electrons. The number of hydrogen-bond acceptors (Lipinski definition) is 4. The van der Waals surface area contributed by atoms with Crippen LogP contribution in [0.5, 0.6) is 5.75 Å². The minimum absolute atomic E-state index is 0.0249. The third-order valence-electron chi connectivity index (χ3n) is 3.07. The Hall–Kier alpha value is -1.17. The molecule has 1 atom stereocenters. The summed E-state index contributed by atoms with van der Waals surface area (Å²) in [4.78, 5) is 2.21. The molecule has 3 N–H and O–H groups in total. The van der Waals surface area contributed by atoms with E-state index in [0.717, 1.165) is 26.1 Å². The molecule has 0 spiro atoms. The van der Waals surface area contributed by atoms with Crippen LogP contribution in [-0.4, -0.2) is 48.4 Å². The molecule has 4 nitrogen and oxygen atoms in total. The summed E-state index contributed by atoms with van der Waals surface area (Å²) in [5.74, 6) is 0.296. The Kier molecular flexibility index (Phi) is 4.52. The molecule has 1 aliphatic rings. The Bertz CT molecular complexity index is 383. The number of halogens is 1. The molecule has 0 aliphatic carbocycles. The van der Waals surface area contributed by atoms with E-state index < -0.39 is 0 Å². The van der Waals surface area contributed by atoms with Crippen molar-refractivity contribution in [3.63, 3.8) is 0 Å². The van der Waals surface area contributed by atoms with Crippen LogP contribution in [0.2, 0.25) is 0 Å². The number of aliphatic hydroxyl groups excluding tert-OH is 1. The summed E-state index contributed by atoms with van der Waals surface area (Å²) < 4.78 is 18.6. The lowest BCUT2D eigenvalue weighted by Crippen LogP contribution is -2.54. The van der Waals surface area contributed by atoms with E-state index >= 15 is 0 Å². The largest absolute Gasteiger partial charge is 0.488 e. The molecule has 1 fully saturated rings. The maximum Gasteiger partial charge on any atom is 0.126 e. The van der Waals surface area contributed by atoms with Gasteiger partial charge in [-0.3, -0.25) is 4.90 Å². The average molecular weight is 254 g/mol. The van der Waals surface area contributed by atoms with E-state index in [1.807, 2.05) is 0 Å². The van der Waals surface area contributed by atoms with Crippen molar-refractivity contribution in [3.05, 3.63) is 30.1 Å².